The van der Waals surface area contributed by atoms with Crippen molar-refractivity contribution in [2.75, 3.05) is 19.0 Å². The van der Waals surface area contributed by atoms with Gasteiger partial charge < -0.3 is 14.5 Å². The quantitative estimate of drug-likeness (QED) is 0.916. The molecule has 2 aromatic rings. The minimum absolute atomic E-state index is 0.0703. The monoisotopic (exact) mass is 287 g/mol. The Morgan fingerprint density at radius 1 is 1.40 bits per heavy atom. The Morgan fingerprint density at radius 3 is 2.80 bits per heavy atom. The summed E-state index contributed by atoms with van der Waals surface area (Å²) < 4.78 is 47.9. The van der Waals surface area contributed by atoms with Crippen LogP contribution >= 0.6 is 0 Å². The van der Waals surface area contributed by atoms with Gasteiger partial charge in [-0.2, -0.15) is 13.2 Å². The first-order chi connectivity index (χ1) is 9.50. The highest BCUT2D eigenvalue weighted by molar-refractivity contribution is 5.36. The maximum Gasteiger partial charge on any atom is 0.433 e. The van der Waals surface area contributed by atoms with Crippen LogP contribution < -0.4 is 5.32 Å². The third-order valence-corrected chi connectivity index (χ3v) is 2.57. The zero-order valence-corrected chi connectivity index (χ0v) is 10.5. The van der Waals surface area contributed by atoms with E-state index in [2.05, 4.69) is 15.3 Å². The summed E-state index contributed by atoms with van der Waals surface area (Å²) in [7, 11) is 1.48. The van der Waals surface area contributed by atoms with E-state index in [9.17, 15) is 13.2 Å². The van der Waals surface area contributed by atoms with E-state index >= 15 is 0 Å². The Morgan fingerprint density at radius 2 is 2.20 bits per heavy atom. The molecule has 1 N–H and O–H groups in total. The predicted molar refractivity (Wildman–Crippen MR) is 64.0 cm³/mol. The minimum Gasteiger partial charge on any atom is -0.467 e. The second-order valence-corrected chi connectivity index (χ2v) is 3.91. The molecule has 0 saturated heterocycles. The first kappa shape index (κ1) is 14.3. The number of anilines is 1. The molecule has 0 amide bonds. The molecule has 0 fully saturated rings. The van der Waals surface area contributed by atoms with Gasteiger partial charge in [-0.3, -0.25) is 0 Å². The number of alkyl halides is 3. The van der Waals surface area contributed by atoms with Gasteiger partial charge in [-0.1, -0.05) is 0 Å². The van der Waals surface area contributed by atoms with Gasteiger partial charge in [0.2, 0.25) is 0 Å². The number of hydrogen-bond donors (Lipinski definition) is 1. The van der Waals surface area contributed by atoms with Gasteiger partial charge in [-0.15, -0.1) is 0 Å². The van der Waals surface area contributed by atoms with Crippen LogP contribution in [0.5, 0.6) is 0 Å². The van der Waals surface area contributed by atoms with Crippen molar-refractivity contribution in [2.24, 2.45) is 0 Å². The van der Waals surface area contributed by atoms with Gasteiger partial charge in [0, 0.05) is 19.7 Å². The molecule has 2 rings (SSSR count). The third kappa shape index (κ3) is 3.47. The highest BCUT2D eigenvalue weighted by Crippen LogP contribution is 2.28. The molecule has 0 saturated carbocycles. The standard InChI is InChI=1S/C12H12F3N3O2/c1-19-9(8-3-2-4-20-8)6-16-11-5-10(12(13,14)15)17-7-18-11/h2-5,7,9H,6H2,1H3,(H,16,17,18). The number of methoxy groups -OCH3 is 1. The molecule has 8 heteroatoms. The van der Waals surface area contributed by atoms with Crippen molar-refractivity contribution in [1.29, 1.82) is 0 Å². The molecule has 0 spiro atoms. The summed E-state index contributed by atoms with van der Waals surface area (Å²) in [6.07, 6.45) is -2.57. The van der Waals surface area contributed by atoms with Crippen LogP contribution in [0.25, 0.3) is 0 Å². The topological polar surface area (TPSA) is 60.2 Å². The van der Waals surface area contributed by atoms with Gasteiger partial charge in [0.15, 0.2) is 0 Å². The van der Waals surface area contributed by atoms with Crippen LogP contribution in [-0.2, 0) is 10.9 Å². The fourth-order valence-electron chi connectivity index (χ4n) is 1.58. The molecular formula is C12H12F3N3O2. The minimum atomic E-state index is -4.50. The molecule has 0 aliphatic carbocycles. The molecule has 20 heavy (non-hydrogen) atoms. The first-order valence-electron chi connectivity index (χ1n) is 5.70. The average Bonchev–Trinajstić information content (AvgIpc) is 2.93. The van der Waals surface area contributed by atoms with E-state index in [4.69, 9.17) is 9.15 Å². The van der Waals surface area contributed by atoms with Crippen molar-refractivity contribution in [3.8, 4) is 0 Å². The Hall–Kier alpha value is -2.09. The third-order valence-electron chi connectivity index (χ3n) is 2.57. The number of ether oxygens (including phenoxy) is 1. The molecule has 0 aliphatic rings. The largest absolute Gasteiger partial charge is 0.467 e. The van der Waals surface area contributed by atoms with E-state index in [-0.39, 0.29) is 12.4 Å². The maximum atomic E-state index is 12.5. The number of furan rings is 1. The number of nitrogens with one attached hydrogen (secondary N) is 1. The highest BCUT2D eigenvalue weighted by Gasteiger charge is 2.32. The molecular weight excluding hydrogens is 275 g/mol. The average molecular weight is 287 g/mol. The van der Waals surface area contributed by atoms with Crippen LogP contribution in [0.1, 0.15) is 17.6 Å². The molecule has 2 aromatic heterocycles. The van der Waals surface area contributed by atoms with Crippen molar-refractivity contribution in [3.63, 3.8) is 0 Å². The molecule has 108 valence electrons. The molecule has 0 aliphatic heterocycles. The van der Waals surface area contributed by atoms with Gasteiger partial charge in [0.25, 0.3) is 0 Å². The SMILES string of the molecule is COC(CNc1cc(C(F)(F)F)ncn1)c1ccco1. The smallest absolute Gasteiger partial charge is 0.433 e. The van der Waals surface area contributed by atoms with Gasteiger partial charge in [0.1, 0.15) is 29.7 Å². The summed E-state index contributed by atoms with van der Waals surface area (Å²) in [5, 5.41) is 2.76. The van der Waals surface area contributed by atoms with E-state index in [1.54, 1.807) is 12.1 Å². The summed E-state index contributed by atoms with van der Waals surface area (Å²) in [5.74, 6) is 0.644. The Balaban J connectivity index is 2.03. The van der Waals surface area contributed by atoms with Crippen LogP contribution in [0.4, 0.5) is 19.0 Å². The number of aromatic nitrogens is 2. The second-order valence-electron chi connectivity index (χ2n) is 3.91. The maximum absolute atomic E-state index is 12.5. The Bertz CT molecular complexity index is 543. The zero-order valence-electron chi connectivity index (χ0n) is 10.5. The summed E-state index contributed by atoms with van der Waals surface area (Å²) in [5.41, 5.74) is -0.998. The molecule has 2 heterocycles. The van der Waals surface area contributed by atoms with Crippen LogP contribution in [0.2, 0.25) is 0 Å². The number of rotatable bonds is 5. The summed E-state index contributed by atoms with van der Waals surface area (Å²) in [4.78, 5) is 6.91. The van der Waals surface area contributed by atoms with Crippen molar-refractivity contribution in [1.82, 2.24) is 9.97 Å². The van der Waals surface area contributed by atoms with Crippen LogP contribution in [-0.4, -0.2) is 23.6 Å². The van der Waals surface area contributed by atoms with Crippen molar-refractivity contribution in [3.05, 3.63) is 42.2 Å². The predicted octanol–water partition coefficient (Wildman–Crippen LogP) is 2.89. The molecule has 0 radical (unpaired) electrons. The van der Waals surface area contributed by atoms with Crippen LogP contribution in [0, 0.1) is 0 Å². The lowest BCUT2D eigenvalue weighted by molar-refractivity contribution is -0.141. The summed E-state index contributed by atoms with van der Waals surface area (Å²) in [6, 6.07) is 4.26. The van der Waals surface area contributed by atoms with Crippen molar-refractivity contribution in [2.45, 2.75) is 12.3 Å². The van der Waals surface area contributed by atoms with E-state index in [1.807, 2.05) is 0 Å². The van der Waals surface area contributed by atoms with E-state index < -0.39 is 18.0 Å². The molecule has 1 unspecified atom stereocenters. The van der Waals surface area contributed by atoms with E-state index in [0.717, 1.165) is 12.4 Å². The number of halogens is 3. The molecule has 0 bridgehead atoms. The molecule has 5 nitrogen and oxygen atoms in total. The fourth-order valence-corrected chi connectivity index (χ4v) is 1.58. The second kappa shape index (κ2) is 5.91. The Kier molecular flexibility index (Phi) is 4.23. The Labute approximate surface area is 112 Å². The van der Waals surface area contributed by atoms with Crippen molar-refractivity contribution < 1.29 is 22.3 Å². The lowest BCUT2D eigenvalue weighted by atomic mass is 10.2. The normalized spacial score (nSPS) is 13.2. The van der Waals surface area contributed by atoms with Gasteiger partial charge in [-0.25, -0.2) is 9.97 Å². The van der Waals surface area contributed by atoms with Crippen LogP contribution in [0.15, 0.2) is 35.2 Å². The number of nitrogens with zero attached hydrogens (tertiary/aromatic N) is 2. The summed E-state index contributed by atoms with van der Waals surface area (Å²) >= 11 is 0. The summed E-state index contributed by atoms with van der Waals surface area (Å²) in [6.45, 7) is 0.221. The van der Waals surface area contributed by atoms with Gasteiger partial charge >= 0.3 is 6.18 Å². The van der Waals surface area contributed by atoms with Gasteiger partial charge in [-0.05, 0) is 12.1 Å². The first-order valence-corrected chi connectivity index (χ1v) is 5.70. The molecule has 0 aromatic carbocycles. The van der Waals surface area contributed by atoms with E-state index in [0.29, 0.717) is 5.76 Å². The van der Waals surface area contributed by atoms with Gasteiger partial charge in [0.05, 0.1) is 6.26 Å². The number of hydrogen-bond acceptors (Lipinski definition) is 5. The zero-order chi connectivity index (χ0) is 14.6. The highest BCUT2D eigenvalue weighted by atomic mass is 19.4. The molecule has 1 atom stereocenters. The lowest BCUT2D eigenvalue weighted by Crippen LogP contribution is -2.16. The van der Waals surface area contributed by atoms with Crippen LogP contribution in [0.3, 0.4) is 0 Å². The van der Waals surface area contributed by atoms with E-state index in [1.165, 1.54) is 13.4 Å². The fraction of sp³-hybridized carbons (Fsp3) is 0.333. The lowest BCUT2D eigenvalue weighted by Gasteiger charge is -2.14. The van der Waals surface area contributed by atoms with Crippen molar-refractivity contribution >= 4 is 5.82 Å².